The normalized spacial score (nSPS) is 10.8. The molecule has 0 bridgehead atoms. The van der Waals surface area contributed by atoms with Gasteiger partial charge in [0.1, 0.15) is 39.3 Å². The highest BCUT2D eigenvalue weighted by atomic mass is 35.5. The van der Waals surface area contributed by atoms with Crippen molar-refractivity contribution in [3.63, 3.8) is 0 Å². The summed E-state index contributed by atoms with van der Waals surface area (Å²) in [6, 6.07) is 8.24. The molecule has 0 radical (unpaired) electrons. The molecule has 2 aromatic carbocycles. The Balaban J connectivity index is 0.00000432. The Morgan fingerprint density at radius 2 is 1.54 bits per heavy atom. The molecule has 0 amide bonds. The highest BCUT2D eigenvalue weighted by Crippen LogP contribution is 2.35. The van der Waals surface area contributed by atoms with Crippen LogP contribution in [0.4, 0.5) is 15.9 Å². The third-order valence-corrected chi connectivity index (χ3v) is 5.41. The zero-order valence-corrected chi connectivity index (χ0v) is 22.4. The van der Waals surface area contributed by atoms with Crippen molar-refractivity contribution in [1.82, 2.24) is 9.97 Å². The Kier molecular flexibility index (Phi) is 10.7. The van der Waals surface area contributed by atoms with E-state index < -0.39 is 8.07 Å². The van der Waals surface area contributed by atoms with E-state index in [9.17, 15) is 4.39 Å². The van der Waals surface area contributed by atoms with Crippen molar-refractivity contribution < 1.29 is 23.3 Å². The first-order chi connectivity index (χ1) is 16.3. The Hall–Kier alpha value is -2.90. The summed E-state index contributed by atoms with van der Waals surface area (Å²) in [7, 11) is 1.63. The van der Waals surface area contributed by atoms with Crippen LogP contribution in [0, 0.1) is 17.3 Å². The molecule has 1 aromatic heterocycles. The zero-order chi connectivity index (χ0) is 24.6. The lowest BCUT2D eigenvalue weighted by Crippen LogP contribution is -2.16. The van der Waals surface area contributed by atoms with E-state index in [1.54, 1.807) is 26.4 Å². The van der Waals surface area contributed by atoms with Crippen LogP contribution < -0.4 is 14.8 Å². The van der Waals surface area contributed by atoms with Gasteiger partial charge in [-0.05, 0) is 24.3 Å². The molecule has 0 fully saturated rings. The van der Waals surface area contributed by atoms with E-state index in [4.69, 9.17) is 18.9 Å². The van der Waals surface area contributed by atoms with Crippen LogP contribution in [-0.2, 0) is 9.47 Å². The third-order valence-electron chi connectivity index (χ3n) is 4.53. The van der Waals surface area contributed by atoms with Crippen molar-refractivity contribution in [2.45, 2.75) is 19.6 Å². The monoisotopic (exact) mass is 519 g/mol. The van der Waals surface area contributed by atoms with Crippen LogP contribution in [0.2, 0.25) is 19.6 Å². The maximum absolute atomic E-state index is 14.3. The van der Waals surface area contributed by atoms with Crippen molar-refractivity contribution in [2.24, 2.45) is 0 Å². The number of rotatable bonds is 10. The van der Waals surface area contributed by atoms with Crippen molar-refractivity contribution in [3.05, 3.63) is 48.0 Å². The molecule has 3 aromatic rings. The number of halogens is 2. The van der Waals surface area contributed by atoms with Gasteiger partial charge in [-0.2, -0.15) is 0 Å². The molecule has 1 heterocycles. The minimum atomic E-state index is -1.59. The molecule has 0 aliphatic heterocycles. The van der Waals surface area contributed by atoms with E-state index in [0.717, 1.165) is 0 Å². The molecule has 10 heteroatoms. The maximum atomic E-state index is 14.3. The van der Waals surface area contributed by atoms with Crippen LogP contribution in [0.15, 0.2) is 36.7 Å². The number of aromatic nitrogens is 2. The third kappa shape index (κ3) is 8.67. The van der Waals surface area contributed by atoms with Gasteiger partial charge >= 0.3 is 0 Å². The van der Waals surface area contributed by atoms with Crippen molar-refractivity contribution in [3.8, 4) is 23.0 Å². The Bertz CT molecular complexity index is 1200. The summed E-state index contributed by atoms with van der Waals surface area (Å²) in [6.07, 6.45) is 1.44. The van der Waals surface area contributed by atoms with Gasteiger partial charge < -0.3 is 24.3 Å². The number of fused-ring (bicyclic) bond motifs is 1. The average Bonchev–Trinajstić information content (AvgIpc) is 2.78. The Labute approximate surface area is 212 Å². The molecule has 0 saturated heterocycles. The lowest BCUT2D eigenvalue weighted by atomic mass is 10.1. The fourth-order valence-electron chi connectivity index (χ4n) is 2.99. The fraction of sp³-hybridized carbons (Fsp3) is 0.360. The molecule has 0 aliphatic rings. The molecule has 188 valence electrons. The van der Waals surface area contributed by atoms with Crippen molar-refractivity contribution in [1.29, 1.82) is 0 Å². The summed E-state index contributed by atoms with van der Waals surface area (Å²) in [6.45, 7) is 8.01. The zero-order valence-electron chi connectivity index (χ0n) is 20.6. The Morgan fingerprint density at radius 1 is 0.886 bits per heavy atom. The summed E-state index contributed by atoms with van der Waals surface area (Å²) in [5.41, 5.74) is 5.07. The van der Waals surface area contributed by atoms with E-state index in [2.05, 4.69) is 46.4 Å². The van der Waals surface area contributed by atoms with Gasteiger partial charge in [-0.1, -0.05) is 25.6 Å². The summed E-state index contributed by atoms with van der Waals surface area (Å²) in [5.74, 6) is 4.31. The highest BCUT2D eigenvalue weighted by molar-refractivity contribution is 6.83. The Morgan fingerprint density at radius 3 is 2.17 bits per heavy atom. The predicted molar refractivity (Wildman–Crippen MR) is 141 cm³/mol. The van der Waals surface area contributed by atoms with E-state index in [0.29, 0.717) is 65.9 Å². The van der Waals surface area contributed by atoms with Crippen LogP contribution in [-0.4, -0.2) is 58.7 Å². The van der Waals surface area contributed by atoms with E-state index >= 15 is 0 Å². The first kappa shape index (κ1) is 28.3. The summed E-state index contributed by atoms with van der Waals surface area (Å²) in [5, 5.41) is 3.90. The molecule has 0 unspecified atom stereocenters. The van der Waals surface area contributed by atoms with Crippen LogP contribution in [0.5, 0.6) is 11.5 Å². The van der Waals surface area contributed by atoms with Crippen LogP contribution in [0.25, 0.3) is 10.9 Å². The van der Waals surface area contributed by atoms with Gasteiger partial charge in [0.25, 0.3) is 0 Å². The van der Waals surface area contributed by atoms with Crippen LogP contribution in [0.3, 0.4) is 0 Å². The van der Waals surface area contributed by atoms with E-state index in [1.807, 2.05) is 6.07 Å². The quantitative estimate of drug-likeness (QED) is 0.224. The van der Waals surface area contributed by atoms with Crippen molar-refractivity contribution in [2.75, 3.05) is 46.0 Å². The summed E-state index contributed by atoms with van der Waals surface area (Å²) >= 11 is 0. The standard InChI is InChI=1S/C25H30FN3O4Si.ClH/c1-30-7-9-32-23-15-21-22(16-24(23)33-10-8-31-2)27-17-28-25(21)29-20-13-18(12-19(26)14-20)6-11-34(3,4)5;/h12-17H,7-10H2,1-5H3,(H,27,28,29);1H. The molecular weight excluding hydrogens is 489 g/mol. The number of hydrogen-bond acceptors (Lipinski definition) is 7. The molecule has 35 heavy (non-hydrogen) atoms. The number of methoxy groups -OCH3 is 2. The molecule has 7 nitrogen and oxygen atoms in total. The second-order valence-electron chi connectivity index (χ2n) is 8.57. The van der Waals surface area contributed by atoms with Gasteiger partial charge in [0.05, 0.1) is 18.7 Å². The van der Waals surface area contributed by atoms with E-state index in [-0.39, 0.29) is 18.2 Å². The topological polar surface area (TPSA) is 74.7 Å². The first-order valence-electron chi connectivity index (χ1n) is 10.9. The van der Waals surface area contributed by atoms with Crippen molar-refractivity contribution >= 4 is 42.9 Å². The van der Waals surface area contributed by atoms with Gasteiger partial charge in [0, 0.05) is 36.9 Å². The second-order valence-corrected chi connectivity index (χ2v) is 13.3. The van der Waals surface area contributed by atoms with Gasteiger partial charge in [-0.3, -0.25) is 0 Å². The molecule has 1 N–H and O–H groups in total. The number of anilines is 2. The molecule has 0 spiro atoms. The molecule has 0 aliphatic carbocycles. The SMILES string of the molecule is COCCOc1cc2ncnc(Nc3cc(F)cc(C#C[Si](C)(C)C)c3)c2cc1OCCOC.Cl. The maximum Gasteiger partial charge on any atom is 0.163 e. The van der Waals surface area contributed by atoms with Crippen LogP contribution >= 0.6 is 12.4 Å². The van der Waals surface area contributed by atoms with E-state index in [1.165, 1.54) is 18.5 Å². The number of nitrogens with zero attached hydrogens (tertiary/aromatic N) is 2. The van der Waals surface area contributed by atoms with Crippen LogP contribution in [0.1, 0.15) is 5.56 Å². The van der Waals surface area contributed by atoms with Gasteiger partial charge in [-0.25, -0.2) is 14.4 Å². The van der Waals surface area contributed by atoms with Gasteiger partial charge in [-0.15, -0.1) is 18.0 Å². The molecule has 0 saturated carbocycles. The number of hydrogen-bond donors (Lipinski definition) is 1. The van der Waals surface area contributed by atoms with Gasteiger partial charge in [0.2, 0.25) is 0 Å². The minimum absolute atomic E-state index is 0. The minimum Gasteiger partial charge on any atom is -0.487 e. The summed E-state index contributed by atoms with van der Waals surface area (Å²) < 4.78 is 36.2. The summed E-state index contributed by atoms with van der Waals surface area (Å²) in [4.78, 5) is 8.74. The number of benzene rings is 2. The smallest absolute Gasteiger partial charge is 0.163 e. The second kappa shape index (κ2) is 13.3. The molecule has 0 atom stereocenters. The van der Waals surface area contributed by atoms with Gasteiger partial charge in [0.15, 0.2) is 11.5 Å². The average molecular weight is 520 g/mol. The lowest BCUT2D eigenvalue weighted by Gasteiger charge is -2.15. The number of ether oxygens (including phenoxy) is 4. The first-order valence-corrected chi connectivity index (χ1v) is 14.4. The largest absolute Gasteiger partial charge is 0.487 e. The molecular formula is C25H31ClFN3O4Si. The highest BCUT2D eigenvalue weighted by Gasteiger charge is 2.14. The molecule has 3 rings (SSSR count). The lowest BCUT2D eigenvalue weighted by molar-refractivity contribution is 0.132. The predicted octanol–water partition coefficient (Wildman–Crippen LogP) is 5.21. The fourth-order valence-corrected chi connectivity index (χ4v) is 3.51. The number of nitrogens with one attached hydrogen (secondary N) is 1.